The molecule has 1 aliphatic heterocycles. The minimum Gasteiger partial charge on any atom is -0.371 e. The largest absolute Gasteiger partial charge is 0.371 e. The molecule has 11 heavy (non-hydrogen) atoms. The molecule has 1 amide bonds. The number of carbonyl (C=O) groups is 1. The lowest BCUT2D eigenvalue weighted by Crippen LogP contribution is -2.45. The normalized spacial score (nSPS) is 31.0. The van der Waals surface area contributed by atoms with Gasteiger partial charge in [0.25, 0.3) is 0 Å². The van der Waals surface area contributed by atoms with Gasteiger partial charge < -0.3 is 10.0 Å². The number of amides is 1. The van der Waals surface area contributed by atoms with E-state index in [1.54, 1.807) is 6.92 Å². The Bertz CT molecular complexity index is 170. The van der Waals surface area contributed by atoms with Crippen molar-refractivity contribution in [2.45, 2.75) is 25.5 Å². The van der Waals surface area contributed by atoms with Crippen LogP contribution in [0.25, 0.3) is 0 Å². The minimum atomic E-state index is -0.966. The second kappa shape index (κ2) is 2.99. The van der Waals surface area contributed by atoms with Crippen LogP contribution in [0.15, 0.2) is 0 Å². The smallest absolute Gasteiger partial charge is 0.239 e. The fraction of sp³-hybridized carbons (Fsp3) is 0.857. The highest BCUT2D eigenvalue weighted by atomic mass is 35.5. The maximum absolute atomic E-state index is 11.1. The molecule has 0 unspecified atom stereocenters. The fourth-order valence-corrected chi connectivity index (χ4v) is 1.56. The molecule has 64 valence electrons. The first-order valence-corrected chi connectivity index (χ1v) is 4.20. The number of rotatable bonds is 1. The molecule has 0 aromatic carbocycles. The molecule has 0 aliphatic carbocycles. The first-order chi connectivity index (χ1) is 5.08. The van der Waals surface area contributed by atoms with Gasteiger partial charge in [0.05, 0.1) is 0 Å². The zero-order valence-electron chi connectivity index (χ0n) is 6.51. The Balaban J connectivity index is 2.64. The molecule has 1 rings (SSSR count). The third-order valence-corrected chi connectivity index (χ3v) is 2.26. The van der Waals surface area contributed by atoms with Crippen LogP contribution in [-0.2, 0) is 4.79 Å². The monoisotopic (exact) mass is 177 g/mol. The molecule has 1 heterocycles. The summed E-state index contributed by atoms with van der Waals surface area (Å²) in [6.07, 6.45) is 1.51. The van der Waals surface area contributed by atoms with Gasteiger partial charge in [-0.25, -0.2) is 0 Å². The van der Waals surface area contributed by atoms with Crippen LogP contribution in [0.3, 0.4) is 0 Å². The molecular formula is C7H12ClNO2. The summed E-state index contributed by atoms with van der Waals surface area (Å²) >= 11 is 5.36. The number of aliphatic hydroxyl groups is 1. The van der Waals surface area contributed by atoms with Gasteiger partial charge in [0.2, 0.25) is 5.91 Å². The Kier molecular flexibility index (Phi) is 2.40. The van der Waals surface area contributed by atoms with E-state index in [2.05, 4.69) is 0 Å². The predicted molar refractivity (Wildman–Crippen MR) is 42.3 cm³/mol. The van der Waals surface area contributed by atoms with E-state index in [0.717, 1.165) is 6.42 Å². The molecule has 0 saturated carbocycles. The van der Waals surface area contributed by atoms with Crippen molar-refractivity contribution in [3.63, 3.8) is 0 Å². The van der Waals surface area contributed by atoms with E-state index in [0.29, 0.717) is 13.0 Å². The van der Waals surface area contributed by atoms with Crippen molar-refractivity contribution >= 4 is 17.5 Å². The van der Waals surface area contributed by atoms with Gasteiger partial charge >= 0.3 is 0 Å². The number of hydrogen-bond acceptors (Lipinski definition) is 2. The van der Waals surface area contributed by atoms with Gasteiger partial charge in [-0.2, -0.15) is 0 Å². The third-order valence-electron chi connectivity index (χ3n) is 2.03. The van der Waals surface area contributed by atoms with Crippen LogP contribution >= 0.6 is 11.6 Å². The molecule has 3 nitrogen and oxygen atoms in total. The van der Waals surface area contributed by atoms with Crippen LogP contribution < -0.4 is 0 Å². The minimum absolute atomic E-state index is 0.0455. The van der Waals surface area contributed by atoms with E-state index >= 15 is 0 Å². The molecular weight excluding hydrogens is 166 g/mol. The molecule has 1 atom stereocenters. The Morgan fingerprint density at radius 2 is 2.45 bits per heavy atom. The lowest BCUT2D eigenvalue weighted by Gasteiger charge is -2.29. The summed E-state index contributed by atoms with van der Waals surface area (Å²) in [6.45, 7) is 2.27. The Labute approximate surface area is 70.9 Å². The first-order valence-electron chi connectivity index (χ1n) is 3.67. The van der Waals surface area contributed by atoms with E-state index < -0.39 is 5.72 Å². The van der Waals surface area contributed by atoms with Crippen LogP contribution in [-0.4, -0.2) is 34.1 Å². The number of halogens is 1. The maximum atomic E-state index is 11.1. The molecule has 1 aliphatic rings. The van der Waals surface area contributed by atoms with Crippen molar-refractivity contribution in [2.75, 3.05) is 12.4 Å². The highest BCUT2D eigenvalue weighted by Crippen LogP contribution is 2.25. The summed E-state index contributed by atoms with van der Waals surface area (Å²) in [4.78, 5) is 12.5. The van der Waals surface area contributed by atoms with Gasteiger partial charge in [0.1, 0.15) is 11.6 Å². The Hall–Kier alpha value is -0.280. The molecule has 1 N–H and O–H groups in total. The SMILES string of the molecule is C[C@]1(O)CCCN1C(=O)CCl. The molecule has 1 saturated heterocycles. The summed E-state index contributed by atoms with van der Waals surface area (Å²) in [5.41, 5.74) is -0.966. The molecule has 0 aromatic heterocycles. The standard InChI is InChI=1S/C7H12ClNO2/c1-7(11)3-2-4-9(7)6(10)5-8/h11H,2-5H2,1H3/t7-/m0/s1. The molecule has 1 fully saturated rings. The van der Waals surface area contributed by atoms with Crippen molar-refractivity contribution < 1.29 is 9.90 Å². The van der Waals surface area contributed by atoms with Crippen molar-refractivity contribution in [3.8, 4) is 0 Å². The van der Waals surface area contributed by atoms with Crippen molar-refractivity contribution in [3.05, 3.63) is 0 Å². The molecule has 4 heteroatoms. The summed E-state index contributed by atoms with van der Waals surface area (Å²) in [7, 11) is 0. The van der Waals surface area contributed by atoms with Gasteiger partial charge in [-0.3, -0.25) is 4.79 Å². The van der Waals surface area contributed by atoms with Gasteiger partial charge in [0.15, 0.2) is 0 Å². The van der Waals surface area contributed by atoms with E-state index in [1.807, 2.05) is 0 Å². The fourth-order valence-electron chi connectivity index (χ4n) is 1.41. The number of carbonyl (C=O) groups excluding carboxylic acids is 1. The lowest BCUT2D eigenvalue weighted by molar-refractivity contribution is -0.146. The second-order valence-corrected chi connectivity index (χ2v) is 3.27. The summed E-state index contributed by atoms with van der Waals surface area (Å²) in [5, 5.41) is 9.60. The van der Waals surface area contributed by atoms with E-state index in [-0.39, 0.29) is 11.8 Å². The number of nitrogens with zero attached hydrogens (tertiary/aromatic N) is 1. The van der Waals surface area contributed by atoms with Gasteiger partial charge in [0, 0.05) is 6.54 Å². The number of likely N-dealkylation sites (tertiary alicyclic amines) is 1. The van der Waals surface area contributed by atoms with Gasteiger partial charge in [-0.15, -0.1) is 11.6 Å². The van der Waals surface area contributed by atoms with E-state index in [1.165, 1.54) is 4.90 Å². The summed E-state index contributed by atoms with van der Waals surface area (Å²) < 4.78 is 0. The predicted octanol–water partition coefficient (Wildman–Crippen LogP) is 0.556. The van der Waals surface area contributed by atoms with Crippen molar-refractivity contribution in [1.82, 2.24) is 4.90 Å². The summed E-state index contributed by atoms with van der Waals surface area (Å²) in [5.74, 6) is -0.231. The summed E-state index contributed by atoms with van der Waals surface area (Å²) in [6, 6.07) is 0. The van der Waals surface area contributed by atoms with E-state index in [4.69, 9.17) is 11.6 Å². The average molecular weight is 178 g/mol. The Morgan fingerprint density at radius 1 is 1.82 bits per heavy atom. The van der Waals surface area contributed by atoms with E-state index in [9.17, 15) is 9.90 Å². The maximum Gasteiger partial charge on any atom is 0.239 e. The highest BCUT2D eigenvalue weighted by Gasteiger charge is 2.36. The molecule has 0 bridgehead atoms. The van der Waals surface area contributed by atoms with Crippen LogP contribution in [0.5, 0.6) is 0 Å². The zero-order valence-corrected chi connectivity index (χ0v) is 7.26. The molecule has 0 aromatic rings. The van der Waals surface area contributed by atoms with Crippen molar-refractivity contribution in [2.24, 2.45) is 0 Å². The van der Waals surface area contributed by atoms with Crippen LogP contribution in [0.2, 0.25) is 0 Å². The van der Waals surface area contributed by atoms with Crippen LogP contribution in [0, 0.1) is 0 Å². The first kappa shape index (κ1) is 8.81. The zero-order chi connectivity index (χ0) is 8.48. The number of hydrogen-bond donors (Lipinski definition) is 1. The Morgan fingerprint density at radius 3 is 2.82 bits per heavy atom. The van der Waals surface area contributed by atoms with Crippen LogP contribution in [0.4, 0.5) is 0 Å². The van der Waals surface area contributed by atoms with Gasteiger partial charge in [-0.05, 0) is 19.8 Å². The highest BCUT2D eigenvalue weighted by molar-refractivity contribution is 6.27. The average Bonchev–Trinajstić information content (AvgIpc) is 2.28. The second-order valence-electron chi connectivity index (χ2n) is 3.00. The van der Waals surface area contributed by atoms with Gasteiger partial charge in [-0.1, -0.05) is 0 Å². The number of alkyl halides is 1. The topological polar surface area (TPSA) is 40.5 Å². The quantitative estimate of drug-likeness (QED) is 0.595. The lowest BCUT2D eigenvalue weighted by atomic mass is 10.2. The third kappa shape index (κ3) is 1.65. The molecule has 0 spiro atoms. The van der Waals surface area contributed by atoms with Crippen LogP contribution in [0.1, 0.15) is 19.8 Å². The molecule has 0 radical (unpaired) electrons. The van der Waals surface area contributed by atoms with Crippen molar-refractivity contribution in [1.29, 1.82) is 0 Å².